The lowest BCUT2D eigenvalue weighted by atomic mass is 9.99. The second-order valence-electron chi connectivity index (χ2n) is 4.67. The van der Waals surface area contributed by atoms with Crippen molar-refractivity contribution >= 4 is 0 Å². The predicted octanol–water partition coefficient (Wildman–Crippen LogP) is 1.99. The Bertz CT molecular complexity index is 371. The predicted molar refractivity (Wildman–Crippen MR) is 70.6 cm³/mol. The third kappa shape index (κ3) is 3.21. The Balaban J connectivity index is 1.81. The summed E-state index contributed by atoms with van der Waals surface area (Å²) in [5, 5.41) is 3.48. The van der Waals surface area contributed by atoms with Crippen LogP contribution in [0.5, 0.6) is 5.88 Å². The first-order chi connectivity index (χ1) is 8.85. The second kappa shape index (κ2) is 6.71. The molecule has 2 rings (SSSR count). The van der Waals surface area contributed by atoms with Crippen LogP contribution in [0.25, 0.3) is 0 Å². The maximum Gasteiger partial charge on any atom is 0.217 e. The fraction of sp³-hybridized carbons (Fsp3) is 0.643. The van der Waals surface area contributed by atoms with Gasteiger partial charge >= 0.3 is 0 Å². The van der Waals surface area contributed by atoms with Crippen molar-refractivity contribution in [2.75, 3.05) is 20.3 Å². The van der Waals surface area contributed by atoms with Crippen molar-refractivity contribution in [3.8, 4) is 5.88 Å². The molecule has 18 heavy (non-hydrogen) atoms. The van der Waals surface area contributed by atoms with Crippen LogP contribution in [0.3, 0.4) is 0 Å². The van der Waals surface area contributed by atoms with E-state index in [4.69, 9.17) is 9.47 Å². The van der Waals surface area contributed by atoms with E-state index in [1.54, 1.807) is 13.3 Å². The zero-order valence-electron chi connectivity index (χ0n) is 11.2. The van der Waals surface area contributed by atoms with Crippen LogP contribution in [0.4, 0.5) is 0 Å². The Morgan fingerprint density at radius 1 is 1.56 bits per heavy atom. The number of rotatable bonds is 6. The van der Waals surface area contributed by atoms with E-state index >= 15 is 0 Å². The minimum absolute atomic E-state index is 0.424. The molecule has 0 amide bonds. The normalized spacial score (nSPS) is 23.2. The van der Waals surface area contributed by atoms with Gasteiger partial charge in [0.25, 0.3) is 0 Å². The summed E-state index contributed by atoms with van der Waals surface area (Å²) >= 11 is 0. The van der Waals surface area contributed by atoms with Crippen molar-refractivity contribution in [2.45, 2.75) is 32.4 Å². The second-order valence-corrected chi connectivity index (χ2v) is 4.67. The summed E-state index contributed by atoms with van der Waals surface area (Å²) in [5.74, 6) is 1.34. The van der Waals surface area contributed by atoms with Crippen LogP contribution in [0.2, 0.25) is 0 Å². The fourth-order valence-electron chi connectivity index (χ4n) is 2.51. The smallest absolute Gasteiger partial charge is 0.217 e. The number of nitrogens with one attached hydrogen (secondary N) is 1. The highest BCUT2D eigenvalue weighted by Gasteiger charge is 2.25. The summed E-state index contributed by atoms with van der Waals surface area (Å²) in [6.07, 6.45) is 4.44. The molecular weight excluding hydrogens is 228 g/mol. The maximum atomic E-state index is 5.69. The van der Waals surface area contributed by atoms with Crippen LogP contribution >= 0.6 is 0 Å². The number of hydrogen-bond acceptors (Lipinski definition) is 4. The molecule has 1 saturated heterocycles. The van der Waals surface area contributed by atoms with E-state index in [9.17, 15) is 0 Å². The number of nitrogens with zero attached hydrogens (tertiary/aromatic N) is 1. The van der Waals surface area contributed by atoms with Gasteiger partial charge in [-0.1, -0.05) is 13.0 Å². The van der Waals surface area contributed by atoms with Crippen LogP contribution in [0.15, 0.2) is 18.3 Å². The van der Waals surface area contributed by atoms with E-state index in [0.29, 0.717) is 17.9 Å². The quantitative estimate of drug-likeness (QED) is 0.838. The monoisotopic (exact) mass is 250 g/mol. The first-order valence-corrected chi connectivity index (χ1v) is 6.65. The number of aromatic nitrogens is 1. The van der Waals surface area contributed by atoms with Gasteiger partial charge in [-0.25, -0.2) is 4.98 Å². The summed E-state index contributed by atoms with van der Waals surface area (Å²) in [7, 11) is 1.66. The molecule has 4 nitrogen and oxygen atoms in total. The van der Waals surface area contributed by atoms with Gasteiger partial charge < -0.3 is 14.8 Å². The number of methoxy groups -OCH3 is 1. The molecule has 1 aliphatic heterocycles. The van der Waals surface area contributed by atoms with Gasteiger partial charge in [0.05, 0.1) is 13.2 Å². The molecule has 0 saturated carbocycles. The van der Waals surface area contributed by atoms with Crippen molar-refractivity contribution < 1.29 is 9.47 Å². The summed E-state index contributed by atoms with van der Waals surface area (Å²) in [5.41, 5.74) is 1.10. The molecular formula is C14H22N2O2. The minimum Gasteiger partial charge on any atom is -0.481 e. The minimum atomic E-state index is 0.424. The molecule has 0 aliphatic carbocycles. The number of hydrogen-bond donors (Lipinski definition) is 1. The van der Waals surface area contributed by atoms with Gasteiger partial charge in [-0.05, 0) is 24.8 Å². The third-order valence-corrected chi connectivity index (χ3v) is 3.51. The molecule has 100 valence electrons. The van der Waals surface area contributed by atoms with Gasteiger partial charge in [0.1, 0.15) is 0 Å². The molecule has 1 aromatic heterocycles. The molecule has 2 unspecified atom stereocenters. The van der Waals surface area contributed by atoms with Gasteiger partial charge in [0.2, 0.25) is 5.88 Å². The van der Waals surface area contributed by atoms with E-state index < -0.39 is 0 Å². The lowest BCUT2D eigenvalue weighted by Gasteiger charge is -2.17. The van der Waals surface area contributed by atoms with Crippen molar-refractivity contribution in [2.24, 2.45) is 5.92 Å². The van der Waals surface area contributed by atoms with E-state index in [2.05, 4.69) is 17.2 Å². The molecule has 1 aliphatic rings. The van der Waals surface area contributed by atoms with Crippen LogP contribution in [-0.4, -0.2) is 31.3 Å². The van der Waals surface area contributed by atoms with Crippen molar-refractivity contribution in [1.82, 2.24) is 10.3 Å². The van der Waals surface area contributed by atoms with Crippen molar-refractivity contribution in [3.63, 3.8) is 0 Å². The molecule has 2 heterocycles. The van der Waals surface area contributed by atoms with E-state index in [1.165, 1.54) is 0 Å². The zero-order valence-corrected chi connectivity index (χ0v) is 11.2. The van der Waals surface area contributed by atoms with Crippen LogP contribution < -0.4 is 10.1 Å². The van der Waals surface area contributed by atoms with Gasteiger partial charge in [-0.2, -0.15) is 0 Å². The first-order valence-electron chi connectivity index (χ1n) is 6.65. The summed E-state index contributed by atoms with van der Waals surface area (Å²) in [4.78, 5) is 4.19. The first kappa shape index (κ1) is 13.3. The highest BCUT2D eigenvalue weighted by atomic mass is 16.5. The van der Waals surface area contributed by atoms with Crippen LogP contribution in [-0.2, 0) is 11.3 Å². The van der Waals surface area contributed by atoms with Crippen LogP contribution in [0, 0.1) is 5.92 Å². The summed E-state index contributed by atoms with van der Waals surface area (Å²) in [6.45, 7) is 4.88. The topological polar surface area (TPSA) is 43.4 Å². The molecule has 2 atom stereocenters. The fourth-order valence-corrected chi connectivity index (χ4v) is 2.51. The summed E-state index contributed by atoms with van der Waals surface area (Å²) in [6, 6.07) is 3.98. The average molecular weight is 250 g/mol. The standard InChI is InChI=1S/C14H22N2O2/c1-3-13-11(6-8-18-13)9-15-10-12-5-4-7-16-14(12)17-2/h4-5,7,11,13,15H,3,6,8-10H2,1-2H3. The van der Waals surface area contributed by atoms with E-state index in [1.807, 2.05) is 12.1 Å². The Morgan fingerprint density at radius 2 is 2.44 bits per heavy atom. The molecule has 4 heteroatoms. The molecule has 0 radical (unpaired) electrons. The third-order valence-electron chi connectivity index (χ3n) is 3.51. The van der Waals surface area contributed by atoms with E-state index in [-0.39, 0.29) is 0 Å². The SMILES string of the molecule is CCC1OCCC1CNCc1cccnc1OC. The van der Waals surface area contributed by atoms with Gasteiger partial charge in [-0.15, -0.1) is 0 Å². The van der Waals surface area contributed by atoms with Crippen LogP contribution in [0.1, 0.15) is 25.3 Å². The lowest BCUT2D eigenvalue weighted by molar-refractivity contribution is 0.0872. The molecule has 1 aromatic rings. The van der Waals surface area contributed by atoms with Crippen molar-refractivity contribution in [1.29, 1.82) is 0 Å². The number of ether oxygens (including phenoxy) is 2. The molecule has 0 bridgehead atoms. The highest BCUT2D eigenvalue weighted by Crippen LogP contribution is 2.22. The Hall–Kier alpha value is -1.13. The zero-order chi connectivity index (χ0) is 12.8. The molecule has 0 aromatic carbocycles. The van der Waals surface area contributed by atoms with E-state index in [0.717, 1.165) is 38.1 Å². The van der Waals surface area contributed by atoms with Gasteiger partial charge in [0, 0.05) is 31.5 Å². The molecule has 1 fully saturated rings. The lowest BCUT2D eigenvalue weighted by Crippen LogP contribution is -2.28. The average Bonchev–Trinajstić information content (AvgIpc) is 2.87. The van der Waals surface area contributed by atoms with Gasteiger partial charge in [-0.3, -0.25) is 0 Å². The Morgan fingerprint density at radius 3 is 3.22 bits per heavy atom. The maximum absolute atomic E-state index is 5.69. The highest BCUT2D eigenvalue weighted by molar-refractivity contribution is 5.24. The summed E-state index contributed by atoms with van der Waals surface area (Å²) < 4.78 is 10.9. The van der Waals surface area contributed by atoms with Gasteiger partial charge in [0.15, 0.2) is 0 Å². The largest absolute Gasteiger partial charge is 0.481 e. The molecule has 1 N–H and O–H groups in total. The number of pyridine rings is 1. The Labute approximate surface area is 109 Å². The Kier molecular flexibility index (Phi) is 4.96. The molecule has 0 spiro atoms. The van der Waals surface area contributed by atoms with Crippen molar-refractivity contribution in [3.05, 3.63) is 23.9 Å².